The summed E-state index contributed by atoms with van der Waals surface area (Å²) < 4.78 is 1.40. The second-order valence-corrected chi connectivity index (χ2v) is 7.27. The lowest BCUT2D eigenvalue weighted by Gasteiger charge is -2.27. The summed E-state index contributed by atoms with van der Waals surface area (Å²) in [6.45, 7) is 1.86. The van der Waals surface area contributed by atoms with Gasteiger partial charge < -0.3 is 0 Å². The highest BCUT2D eigenvalue weighted by Crippen LogP contribution is 2.33. The van der Waals surface area contributed by atoms with Crippen LogP contribution in [0.1, 0.15) is 45.9 Å². The second kappa shape index (κ2) is 7.28. The van der Waals surface area contributed by atoms with Gasteiger partial charge >= 0.3 is 0 Å². The van der Waals surface area contributed by atoms with Crippen molar-refractivity contribution in [2.75, 3.05) is 0 Å². The molecule has 1 aliphatic heterocycles. The quantitative estimate of drug-likeness (QED) is 0.481. The molecule has 0 fully saturated rings. The predicted molar refractivity (Wildman–Crippen MR) is 115 cm³/mol. The highest BCUT2D eigenvalue weighted by molar-refractivity contribution is 6.21. The van der Waals surface area contributed by atoms with E-state index in [9.17, 15) is 14.4 Å². The maximum absolute atomic E-state index is 13.5. The molecule has 0 N–H and O–H groups in total. The first kappa shape index (κ1) is 18.9. The Bertz CT molecular complexity index is 1360. The van der Waals surface area contributed by atoms with E-state index >= 15 is 0 Å². The van der Waals surface area contributed by atoms with E-state index < -0.39 is 6.04 Å². The van der Waals surface area contributed by atoms with Gasteiger partial charge in [-0.15, -0.1) is 0 Å². The molecular weight excluding hydrogens is 392 g/mol. The summed E-state index contributed by atoms with van der Waals surface area (Å²) in [4.78, 5) is 50.0. The number of amides is 2. The van der Waals surface area contributed by atoms with E-state index in [0.29, 0.717) is 40.1 Å². The smallest absolute Gasteiger partial charge is 0.267 e. The molecule has 2 aromatic heterocycles. The number of carbonyl (C=O) groups is 2. The summed E-state index contributed by atoms with van der Waals surface area (Å²) in [6.07, 6.45) is 1.98. The van der Waals surface area contributed by atoms with E-state index in [1.807, 2.05) is 6.92 Å². The molecule has 5 rings (SSSR count). The number of hydrogen-bond donors (Lipinski definition) is 0. The lowest BCUT2D eigenvalue weighted by Crippen LogP contribution is -2.38. The van der Waals surface area contributed by atoms with E-state index in [4.69, 9.17) is 4.98 Å². The minimum absolute atomic E-state index is 0.297. The van der Waals surface area contributed by atoms with Crippen LogP contribution in [0.4, 0.5) is 0 Å². The lowest BCUT2D eigenvalue weighted by molar-refractivity contribution is 0.0568. The van der Waals surface area contributed by atoms with Crippen LogP contribution in [0, 0.1) is 0 Å². The molecule has 3 heterocycles. The number of carbonyl (C=O) groups excluding carboxylic acids is 2. The fourth-order valence-corrected chi connectivity index (χ4v) is 4.05. The third kappa shape index (κ3) is 2.85. The van der Waals surface area contributed by atoms with Crippen molar-refractivity contribution in [1.82, 2.24) is 19.4 Å². The number of hydrogen-bond acceptors (Lipinski definition) is 5. The molecule has 0 radical (unpaired) electrons. The third-order valence-corrected chi connectivity index (χ3v) is 5.50. The summed E-state index contributed by atoms with van der Waals surface area (Å²) in [6, 6.07) is 18.3. The van der Waals surface area contributed by atoms with Crippen LogP contribution in [0.3, 0.4) is 0 Å². The normalized spacial score (nSPS) is 14.2. The van der Waals surface area contributed by atoms with Gasteiger partial charge in [0.2, 0.25) is 0 Å². The third-order valence-electron chi connectivity index (χ3n) is 5.50. The minimum atomic E-state index is -0.730. The number of fused-ring (bicyclic) bond motifs is 2. The Kier molecular flexibility index (Phi) is 4.43. The van der Waals surface area contributed by atoms with Crippen LogP contribution in [0.15, 0.2) is 77.7 Å². The summed E-state index contributed by atoms with van der Waals surface area (Å²) in [5.74, 6) is -0.0833. The van der Waals surface area contributed by atoms with Crippen LogP contribution in [-0.4, -0.2) is 31.2 Å². The van der Waals surface area contributed by atoms with Crippen molar-refractivity contribution in [1.29, 1.82) is 0 Å². The largest absolute Gasteiger partial charge is 0.269 e. The Morgan fingerprint density at radius 1 is 0.839 bits per heavy atom. The topological polar surface area (TPSA) is 85.2 Å². The summed E-state index contributed by atoms with van der Waals surface area (Å²) in [5, 5.41) is 0.439. The van der Waals surface area contributed by atoms with Crippen LogP contribution >= 0.6 is 0 Å². The first-order valence-corrected chi connectivity index (χ1v) is 10.0. The zero-order valence-corrected chi connectivity index (χ0v) is 16.7. The Hall–Kier alpha value is -4.13. The van der Waals surface area contributed by atoms with Gasteiger partial charge in [0, 0.05) is 6.20 Å². The molecule has 7 nitrogen and oxygen atoms in total. The average molecular weight is 410 g/mol. The number of benzene rings is 2. The maximum atomic E-state index is 13.5. The van der Waals surface area contributed by atoms with Crippen LogP contribution in [0.5, 0.6) is 0 Å². The minimum Gasteiger partial charge on any atom is -0.269 e. The number of imide groups is 1. The van der Waals surface area contributed by atoms with Crippen molar-refractivity contribution in [3.8, 4) is 5.82 Å². The molecule has 7 heteroatoms. The molecule has 0 bridgehead atoms. The monoisotopic (exact) mass is 410 g/mol. The van der Waals surface area contributed by atoms with Gasteiger partial charge in [0.1, 0.15) is 11.6 Å². The van der Waals surface area contributed by atoms with Gasteiger partial charge in [-0.3, -0.25) is 19.3 Å². The Balaban J connectivity index is 1.77. The summed E-state index contributed by atoms with van der Waals surface area (Å²) >= 11 is 0. The van der Waals surface area contributed by atoms with Crippen molar-refractivity contribution < 1.29 is 9.59 Å². The van der Waals surface area contributed by atoms with Gasteiger partial charge in [0.25, 0.3) is 17.4 Å². The zero-order chi connectivity index (χ0) is 21.5. The second-order valence-electron chi connectivity index (χ2n) is 7.27. The molecule has 2 aromatic carbocycles. The fraction of sp³-hybridized carbons (Fsp3) is 0.125. The molecule has 152 valence electrons. The van der Waals surface area contributed by atoms with Gasteiger partial charge in [-0.25, -0.2) is 14.5 Å². The van der Waals surface area contributed by atoms with E-state index in [0.717, 1.165) is 0 Å². The molecule has 0 saturated heterocycles. The molecule has 0 aliphatic carbocycles. The summed E-state index contributed by atoms with van der Waals surface area (Å²) in [7, 11) is 0. The van der Waals surface area contributed by atoms with E-state index in [1.54, 1.807) is 72.9 Å². The molecule has 2 amide bonds. The van der Waals surface area contributed by atoms with Gasteiger partial charge in [-0.05, 0) is 42.8 Å². The SMILES string of the molecule is CCC(c1nc2ccccc2c(=O)n1-c1ccccn1)N1C(=O)c2ccccc2C1=O. The molecule has 0 saturated carbocycles. The van der Waals surface area contributed by atoms with Crippen molar-refractivity contribution in [3.63, 3.8) is 0 Å². The van der Waals surface area contributed by atoms with E-state index in [2.05, 4.69) is 4.98 Å². The van der Waals surface area contributed by atoms with Crippen molar-refractivity contribution >= 4 is 22.7 Å². The summed E-state index contributed by atoms with van der Waals surface area (Å²) in [5.41, 5.74) is 0.927. The highest BCUT2D eigenvalue weighted by atomic mass is 16.2. The average Bonchev–Trinajstić information content (AvgIpc) is 3.06. The first-order chi connectivity index (χ1) is 15.1. The van der Waals surface area contributed by atoms with E-state index in [-0.39, 0.29) is 17.4 Å². The van der Waals surface area contributed by atoms with Crippen LogP contribution in [0.25, 0.3) is 16.7 Å². The molecule has 1 unspecified atom stereocenters. The standard InChI is InChI=1S/C24H18N4O3/c1-2-19(27-22(29)15-9-3-4-10-16(15)23(27)30)21-26-18-12-6-5-11-17(18)24(31)28(21)20-13-7-8-14-25-20/h3-14,19H,2H2,1H3. The zero-order valence-electron chi connectivity index (χ0n) is 16.7. The Morgan fingerprint density at radius 2 is 1.48 bits per heavy atom. The van der Waals surface area contributed by atoms with Gasteiger partial charge in [-0.2, -0.15) is 0 Å². The van der Waals surface area contributed by atoms with Gasteiger partial charge in [0.05, 0.1) is 28.1 Å². The number of para-hydroxylation sites is 1. The van der Waals surface area contributed by atoms with Gasteiger partial charge in [0.15, 0.2) is 0 Å². The van der Waals surface area contributed by atoms with Crippen molar-refractivity contribution in [2.24, 2.45) is 0 Å². The van der Waals surface area contributed by atoms with E-state index in [1.165, 1.54) is 9.47 Å². The fourth-order valence-electron chi connectivity index (χ4n) is 4.05. The van der Waals surface area contributed by atoms with Crippen LogP contribution in [-0.2, 0) is 0 Å². The van der Waals surface area contributed by atoms with Crippen LogP contribution in [0.2, 0.25) is 0 Å². The number of aromatic nitrogens is 3. The molecule has 31 heavy (non-hydrogen) atoms. The number of rotatable bonds is 4. The van der Waals surface area contributed by atoms with Crippen LogP contribution < -0.4 is 5.56 Å². The number of pyridine rings is 1. The predicted octanol–water partition coefficient (Wildman–Crippen LogP) is 3.53. The Labute approximate surface area is 177 Å². The molecule has 1 aliphatic rings. The molecule has 4 aromatic rings. The molecule has 1 atom stereocenters. The number of nitrogens with zero attached hydrogens (tertiary/aromatic N) is 4. The first-order valence-electron chi connectivity index (χ1n) is 10.0. The molecular formula is C24H18N4O3. The van der Waals surface area contributed by atoms with Crippen molar-refractivity contribution in [3.05, 3.63) is 100 Å². The lowest BCUT2D eigenvalue weighted by atomic mass is 10.1. The highest BCUT2D eigenvalue weighted by Gasteiger charge is 2.41. The Morgan fingerprint density at radius 3 is 2.13 bits per heavy atom. The van der Waals surface area contributed by atoms with Crippen molar-refractivity contribution in [2.45, 2.75) is 19.4 Å². The van der Waals surface area contributed by atoms with Gasteiger partial charge in [-0.1, -0.05) is 37.3 Å². The molecule has 0 spiro atoms. The maximum Gasteiger partial charge on any atom is 0.267 e.